The summed E-state index contributed by atoms with van der Waals surface area (Å²) in [4.78, 5) is 0. The van der Waals surface area contributed by atoms with E-state index in [1.54, 1.807) is 5.56 Å². The molecule has 0 aromatic heterocycles. The van der Waals surface area contributed by atoms with Crippen molar-refractivity contribution in [2.75, 3.05) is 0 Å². The van der Waals surface area contributed by atoms with Crippen molar-refractivity contribution < 1.29 is 4.74 Å². The van der Waals surface area contributed by atoms with E-state index in [4.69, 9.17) is 4.74 Å². The lowest BCUT2D eigenvalue weighted by atomic mass is 9.65. The van der Waals surface area contributed by atoms with Gasteiger partial charge in [0.2, 0.25) is 0 Å². The molecule has 0 radical (unpaired) electrons. The highest BCUT2D eigenvalue weighted by atomic mass is 79.9. The lowest BCUT2D eigenvalue weighted by Crippen LogP contribution is -2.32. The third-order valence-corrected chi connectivity index (χ3v) is 5.51. The smallest absolute Gasteiger partial charge is 0.118 e. The van der Waals surface area contributed by atoms with Crippen molar-refractivity contribution in [3.63, 3.8) is 0 Å². The van der Waals surface area contributed by atoms with Crippen molar-refractivity contribution in [3.8, 4) is 0 Å². The molecule has 0 N–H and O–H groups in total. The van der Waals surface area contributed by atoms with E-state index in [1.165, 1.54) is 35.7 Å². The second kappa shape index (κ2) is 3.36. The Morgan fingerprint density at radius 1 is 1.29 bits per heavy atom. The molecule has 0 unspecified atom stereocenters. The molecule has 0 spiro atoms. The topological polar surface area (TPSA) is 12.5 Å². The number of hydrogen-bond acceptors (Lipinski definition) is 1. The molecule has 1 aromatic carbocycles. The minimum absolute atomic E-state index is 0.0254. The molecule has 2 heteroatoms. The Morgan fingerprint density at radius 2 is 2.12 bits per heavy atom. The zero-order valence-electron chi connectivity index (χ0n) is 10.1. The van der Waals surface area contributed by atoms with Crippen LogP contribution in [0.4, 0.5) is 0 Å². The molecule has 17 heavy (non-hydrogen) atoms. The van der Waals surface area contributed by atoms with E-state index in [9.17, 15) is 0 Å². The summed E-state index contributed by atoms with van der Waals surface area (Å²) in [5, 5.41) is 0. The van der Waals surface area contributed by atoms with Crippen molar-refractivity contribution in [1.82, 2.24) is 0 Å². The normalized spacial score (nSPS) is 42.4. The standard InChI is InChI=1S/C15H17BrO/c1-15-13-8-9(16)6-7-11(13)10-4-2-3-5-12(10)14(15)17-15/h6-8,10,12,14H,2-5H2,1H3/t10-,12-,14+,15-/m0/s1. The highest BCUT2D eigenvalue weighted by Gasteiger charge is 2.63. The molecule has 1 nitrogen and oxygen atoms in total. The highest BCUT2D eigenvalue weighted by molar-refractivity contribution is 9.10. The minimum Gasteiger partial charge on any atom is -0.361 e. The molecule has 1 aliphatic heterocycles. The van der Waals surface area contributed by atoms with Gasteiger partial charge in [0.25, 0.3) is 0 Å². The zero-order valence-corrected chi connectivity index (χ0v) is 11.7. The van der Waals surface area contributed by atoms with Crippen LogP contribution >= 0.6 is 15.9 Å². The van der Waals surface area contributed by atoms with Crippen LogP contribution in [0.5, 0.6) is 0 Å². The summed E-state index contributed by atoms with van der Waals surface area (Å²) in [6, 6.07) is 6.79. The van der Waals surface area contributed by atoms with Crippen molar-refractivity contribution in [3.05, 3.63) is 33.8 Å². The summed E-state index contributed by atoms with van der Waals surface area (Å²) in [6.45, 7) is 2.27. The number of hydrogen-bond donors (Lipinski definition) is 0. The molecule has 3 aliphatic rings. The van der Waals surface area contributed by atoms with Crippen LogP contribution in [0, 0.1) is 5.92 Å². The van der Waals surface area contributed by atoms with Gasteiger partial charge in [-0.3, -0.25) is 0 Å². The van der Waals surface area contributed by atoms with Crippen LogP contribution in [0.1, 0.15) is 49.7 Å². The van der Waals surface area contributed by atoms with Gasteiger partial charge in [-0.05, 0) is 54.9 Å². The first-order valence-electron chi connectivity index (χ1n) is 6.68. The number of rotatable bonds is 0. The molecular formula is C15H17BrO. The van der Waals surface area contributed by atoms with Gasteiger partial charge >= 0.3 is 0 Å². The van der Waals surface area contributed by atoms with Crippen LogP contribution in [-0.4, -0.2) is 6.10 Å². The van der Waals surface area contributed by atoms with Crippen LogP contribution in [0.2, 0.25) is 0 Å². The van der Waals surface area contributed by atoms with E-state index >= 15 is 0 Å². The lowest BCUT2D eigenvalue weighted by molar-refractivity contribution is 0.236. The fourth-order valence-corrected chi connectivity index (χ4v) is 4.49. The van der Waals surface area contributed by atoms with Gasteiger partial charge in [0.1, 0.15) is 5.60 Å². The average molecular weight is 293 g/mol. The Hall–Kier alpha value is -0.340. The Balaban J connectivity index is 1.88. The Kier molecular flexibility index (Phi) is 2.09. The molecule has 1 heterocycles. The van der Waals surface area contributed by atoms with E-state index in [1.807, 2.05) is 0 Å². The summed E-state index contributed by atoms with van der Waals surface area (Å²) in [5.74, 6) is 1.54. The fraction of sp³-hybridized carbons (Fsp3) is 0.600. The van der Waals surface area contributed by atoms with Gasteiger partial charge in [-0.25, -0.2) is 0 Å². The lowest BCUT2D eigenvalue weighted by Gasteiger charge is -2.37. The maximum atomic E-state index is 6.10. The van der Waals surface area contributed by atoms with Crippen LogP contribution in [0.25, 0.3) is 0 Å². The Bertz CT molecular complexity index is 484. The average Bonchev–Trinajstić information content (AvgIpc) is 3.03. The van der Waals surface area contributed by atoms with E-state index in [0.717, 1.165) is 11.8 Å². The second-order valence-electron chi connectivity index (χ2n) is 5.93. The number of halogens is 1. The third-order valence-electron chi connectivity index (χ3n) is 5.02. The van der Waals surface area contributed by atoms with E-state index in [2.05, 4.69) is 41.1 Å². The maximum absolute atomic E-state index is 6.10. The van der Waals surface area contributed by atoms with Crippen LogP contribution < -0.4 is 0 Å². The van der Waals surface area contributed by atoms with Gasteiger partial charge in [0.15, 0.2) is 0 Å². The van der Waals surface area contributed by atoms with Gasteiger partial charge in [0.05, 0.1) is 6.10 Å². The largest absolute Gasteiger partial charge is 0.361 e. The van der Waals surface area contributed by atoms with Crippen molar-refractivity contribution in [2.45, 2.75) is 50.2 Å². The van der Waals surface area contributed by atoms with Crippen molar-refractivity contribution in [1.29, 1.82) is 0 Å². The molecule has 2 aliphatic carbocycles. The predicted molar refractivity (Wildman–Crippen MR) is 71.1 cm³/mol. The van der Waals surface area contributed by atoms with Crippen molar-refractivity contribution >= 4 is 15.9 Å². The molecule has 2 fully saturated rings. The monoisotopic (exact) mass is 292 g/mol. The molecule has 1 saturated carbocycles. The quantitative estimate of drug-likeness (QED) is 0.648. The fourth-order valence-electron chi connectivity index (χ4n) is 4.13. The van der Waals surface area contributed by atoms with Gasteiger partial charge in [-0.15, -0.1) is 0 Å². The number of epoxide rings is 1. The van der Waals surface area contributed by atoms with Gasteiger partial charge in [-0.2, -0.15) is 0 Å². The number of benzene rings is 1. The minimum atomic E-state index is 0.0254. The molecule has 1 aromatic rings. The SMILES string of the molecule is C[C@@]12O[C@@H]1[C@H]1CCCC[C@H]1c1ccc(Br)cc12. The Morgan fingerprint density at radius 3 is 3.00 bits per heavy atom. The van der Waals surface area contributed by atoms with Gasteiger partial charge in [-0.1, -0.05) is 34.8 Å². The summed E-state index contributed by atoms with van der Waals surface area (Å²) < 4.78 is 7.28. The van der Waals surface area contributed by atoms with E-state index in [-0.39, 0.29) is 5.60 Å². The first-order valence-corrected chi connectivity index (χ1v) is 7.47. The molecule has 4 atom stereocenters. The summed E-state index contributed by atoms with van der Waals surface area (Å²) in [5.41, 5.74) is 3.03. The summed E-state index contributed by atoms with van der Waals surface area (Å²) >= 11 is 3.59. The van der Waals surface area contributed by atoms with Crippen LogP contribution in [0.15, 0.2) is 22.7 Å². The predicted octanol–water partition coefficient (Wildman–Crippen LogP) is 4.35. The van der Waals surface area contributed by atoms with Crippen LogP contribution in [0.3, 0.4) is 0 Å². The van der Waals surface area contributed by atoms with E-state index < -0.39 is 0 Å². The second-order valence-corrected chi connectivity index (χ2v) is 6.85. The van der Waals surface area contributed by atoms with E-state index in [0.29, 0.717) is 6.10 Å². The molecule has 1 saturated heterocycles. The zero-order chi connectivity index (χ0) is 11.6. The molecule has 90 valence electrons. The molecular weight excluding hydrogens is 276 g/mol. The molecule has 4 rings (SSSR count). The highest BCUT2D eigenvalue weighted by Crippen LogP contribution is 2.62. The maximum Gasteiger partial charge on any atom is 0.118 e. The molecule has 0 bridgehead atoms. The van der Waals surface area contributed by atoms with Crippen LogP contribution in [-0.2, 0) is 10.3 Å². The third kappa shape index (κ3) is 1.34. The van der Waals surface area contributed by atoms with Crippen molar-refractivity contribution in [2.24, 2.45) is 5.92 Å². The van der Waals surface area contributed by atoms with Gasteiger partial charge < -0.3 is 4.74 Å². The first-order chi connectivity index (χ1) is 8.20. The number of ether oxygens (including phenoxy) is 1. The molecule has 0 amide bonds. The van der Waals surface area contributed by atoms with Gasteiger partial charge in [0, 0.05) is 4.47 Å². The first kappa shape index (κ1) is 10.6. The summed E-state index contributed by atoms with van der Waals surface area (Å²) in [6.07, 6.45) is 5.99. The Labute approximate surface area is 111 Å². The summed E-state index contributed by atoms with van der Waals surface area (Å²) in [7, 11) is 0. The number of fused-ring (bicyclic) bond motifs is 6.